The van der Waals surface area contributed by atoms with Crippen LogP contribution in [0.4, 0.5) is 27.6 Å². The van der Waals surface area contributed by atoms with Crippen LogP contribution in [0.2, 0.25) is 0 Å². The predicted octanol–water partition coefficient (Wildman–Crippen LogP) is 4.73. The summed E-state index contributed by atoms with van der Waals surface area (Å²) in [6, 6.07) is 7.03. The molecule has 2 aromatic carbocycles. The topological polar surface area (TPSA) is 46.9 Å². The van der Waals surface area contributed by atoms with E-state index in [0.717, 1.165) is 41.2 Å². The summed E-state index contributed by atoms with van der Waals surface area (Å²) in [6.07, 6.45) is -3.38. The highest BCUT2D eigenvalue weighted by Gasteiger charge is 2.30. The lowest BCUT2D eigenvalue weighted by Crippen LogP contribution is -2.14. The third-order valence-corrected chi connectivity index (χ3v) is 3.85. The standard InChI is InChI=1S/C18H12F5N3O/c1-10-14(17(27)25-16-8-12(19)5-6-15(16)20)9-24-26(10)13-4-2-3-11(7-13)18(21,22)23/h2-9H,1H3,(H,25,27). The number of rotatable bonds is 3. The number of nitrogens with one attached hydrogen (secondary N) is 1. The van der Waals surface area contributed by atoms with E-state index >= 15 is 0 Å². The Bertz CT molecular complexity index is 1010. The molecule has 0 radical (unpaired) electrons. The van der Waals surface area contributed by atoms with Crippen LogP contribution in [0.25, 0.3) is 5.69 Å². The van der Waals surface area contributed by atoms with Gasteiger partial charge in [-0.1, -0.05) is 6.07 Å². The third kappa shape index (κ3) is 3.81. The fraction of sp³-hybridized carbons (Fsp3) is 0.111. The van der Waals surface area contributed by atoms with Gasteiger partial charge in [0.25, 0.3) is 5.91 Å². The van der Waals surface area contributed by atoms with Gasteiger partial charge >= 0.3 is 6.18 Å². The first kappa shape index (κ1) is 18.6. The van der Waals surface area contributed by atoms with Crippen LogP contribution >= 0.6 is 0 Å². The Labute approximate surface area is 150 Å². The van der Waals surface area contributed by atoms with Crippen molar-refractivity contribution in [2.24, 2.45) is 0 Å². The molecule has 4 nitrogen and oxygen atoms in total. The van der Waals surface area contributed by atoms with Crippen molar-refractivity contribution in [2.75, 3.05) is 5.32 Å². The third-order valence-electron chi connectivity index (χ3n) is 3.85. The van der Waals surface area contributed by atoms with E-state index in [2.05, 4.69) is 10.4 Å². The summed E-state index contributed by atoms with van der Waals surface area (Å²) >= 11 is 0. The first-order valence-electron chi connectivity index (χ1n) is 7.65. The Kier molecular flexibility index (Phi) is 4.69. The number of alkyl halides is 3. The van der Waals surface area contributed by atoms with Gasteiger partial charge < -0.3 is 5.32 Å². The molecule has 27 heavy (non-hydrogen) atoms. The van der Waals surface area contributed by atoms with E-state index in [1.54, 1.807) is 0 Å². The lowest BCUT2D eigenvalue weighted by molar-refractivity contribution is -0.137. The molecule has 0 aliphatic carbocycles. The average Bonchev–Trinajstić information content (AvgIpc) is 2.99. The fourth-order valence-electron chi connectivity index (χ4n) is 2.49. The molecule has 9 heteroatoms. The summed E-state index contributed by atoms with van der Waals surface area (Å²) in [6.45, 7) is 1.48. The van der Waals surface area contributed by atoms with E-state index in [0.29, 0.717) is 0 Å². The zero-order chi connectivity index (χ0) is 19.8. The van der Waals surface area contributed by atoms with Crippen molar-refractivity contribution in [3.8, 4) is 5.69 Å². The Balaban J connectivity index is 1.91. The van der Waals surface area contributed by atoms with E-state index in [1.165, 1.54) is 19.1 Å². The average molecular weight is 381 g/mol. The molecule has 140 valence electrons. The van der Waals surface area contributed by atoms with Crippen molar-refractivity contribution in [3.63, 3.8) is 0 Å². The normalized spacial score (nSPS) is 11.5. The number of halogens is 5. The summed E-state index contributed by atoms with van der Waals surface area (Å²) in [5, 5.41) is 6.15. The fourth-order valence-corrected chi connectivity index (χ4v) is 2.49. The molecule has 0 saturated heterocycles. The highest BCUT2D eigenvalue weighted by atomic mass is 19.4. The van der Waals surface area contributed by atoms with Gasteiger partial charge in [-0.05, 0) is 37.3 Å². The Morgan fingerprint density at radius 3 is 2.56 bits per heavy atom. The van der Waals surface area contributed by atoms with E-state index in [9.17, 15) is 26.7 Å². The van der Waals surface area contributed by atoms with Gasteiger partial charge in [-0.3, -0.25) is 4.79 Å². The minimum Gasteiger partial charge on any atom is -0.319 e. The predicted molar refractivity (Wildman–Crippen MR) is 87.6 cm³/mol. The monoisotopic (exact) mass is 381 g/mol. The molecular weight excluding hydrogens is 369 g/mol. The molecule has 0 spiro atoms. The first-order valence-corrected chi connectivity index (χ1v) is 7.65. The van der Waals surface area contributed by atoms with Crippen molar-refractivity contribution in [1.82, 2.24) is 9.78 Å². The second-order valence-corrected chi connectivity index (χ2v) is 5.68. The summed E-state index contributed by atoms with van der Waals surface area (Å²) < 4.78 is 66.6. The number of benzene rings is 2. The molecule has 0 saturated carbocycles. The number of carbonyl (C=O) groups is 1. The smallest absolute Gasteiger partial charge is 0.319 e. The second-order valence-electron chi connectivity index (χ2n) is 5.68. The van der Waals surface area contributed by atoms with Crippen molar-refractivity contribution in [2.45, 2.75) is 13.1 Å². The molecule has 0 unspecified atom stereocenters. The van der Waals surface area contributed by atoms with Crippen molar-refractivity contribution >= 4 is 11.6 Å². The molecule has 1 amide bonds. The van der Waals surface area contributed by atoms with Crippen molar-refractivity contribution < 1.29 is 26.7 Å². The maximum atomic E-state index is 13.7. The van der Waals surface area contributed by atoms with E-state index in [4.69, 9.17) is 0 Å². The maximum Gasteiger partial charge on any atom is 0.416 e. The summed E-state index contributed by atoms with van der Waals surface area (Å²) in [5.41, 5.74) is -0.855. The highest BCUT2D eigenvalue weighted by Crippen LogP contribution is 2.30. The summed E-state index contributed by atoms with van der Waals surface area (Å²) in [4.78, 5) is 12.3. The van der Waals surface area contributed by atoms with Gasteiger partial charge in [-0.2, -0.15) is 18.3 Å². The van der Waals surface area contributed by atoms with Gasteiger partial charge in [0.15, 0.2) is 0 Å². The van der Waals surface area contributed by atoms with Gasteiger partial charge in [0.2, 0.25) is 0 Å². The SMILES string of the molecule is Cc1c(C(=O)Nc2cc(F)ccc2F)cnn1-c1cccc(C(F)(F)F)c1. The van der Waals surface area contributed by atoms with Crippen molar-refractivity contribution in [1.29, 1.82) is 0 Å². The number of anilines is 1. The van der Waals surface area contributed by atoms with Crippen LogP contribution in [0.15, 0.2) is 48.7 Å². The quantitative estimate of drug-likeness (QED) is 0.667. The summed E-state index contributed by atoms with van der Waals surface area (Å²) in [7, 11) is 0. The number of amides is 1. The molecule has 0 fully saturated rings. The van der Waals surface area contributed by atoms with Crippen LogP contribution in [0.5, 0.6) is 0 Å². The molecular formula is C18H12F5N3O. The number of carbonyl (C=O) groups excluding carboxylic acids is 1. The molecule has 0 aliphatic heterocycles. The van der Waals surface area contributed by atoms with Crippen LogP contribution in [0.3, 0.4) is 0 Å². The van der Waals surface area contributed by atoms with Crippen LogP contribution in [0, 0.1) is 18.6 Å². The lowest BCUT2D eigenvalue weighted by Gasteiger charge is -2.10. The maximum absolute atomic E-state index is 13.7. The van der Waals surface area contributed by atoms with Crippen LogP contribution in [0.1, 0.15) is 21.6 Å². The lowest BCUT2D eigenvalue weighted by atomic mass is 10.2. The van der Waals surface area contributed by atoms with Crippen LogP contribution in [-0.2, 0) is 6.18 Å². The zero-order valence-corrected chi connectivity index (χ0v) is 13.8. The molecule has 1 N–H and O–H groups in total. The van der Waals surface area contributed by atoms with E-state index in [1.807, 2.05) is 0 Å². The molecule has 1 aromatic heterocycles. The Hall–Kier alpha value is -3.23. The minimum atomic E-state index is -4.52. The van der Waals surface area contributed by atoms with Gasteiger partial charge in [-0.15, -0.1) is 0 Å². The molecule has 0 bridgehead atoms. The number of aromatic nitrogens is 2. The van der Waals surface area contributed by atoms with Gasteiger partial charge in [0.1, 0.15) is 11.6 Å². The summed E-state index contributed by atoms with van der Waals surface area (Å²) in [5.74, 6) is -2.33. The molecule has 0 aliphatic rings. The molecule has 0 atom stereocenters. The number of hydrogen-bond donors (Lipinski definition) is 1. The Morgan fingerprint density at radius 1 is 1.11 bits per heavy atom. The van der Waals surface area contributed by atoms with E-state index < -0.39 is 29.3 Å². The largest absolute Gasteiger partial charge is 0.416 e. The van der Waals surface area contributed by atoms with E-state index in [-0.39, 0.29) is 22.6 Å². The zero-order valence-electron chi connectivity index (χ0n) is 13.8. The number of nitrogens with zero attached hydrogens (tertiary/aromatic N) is 2. The van der Waals surface area contributed by atoms with Gasteiger partial charge in [0.05, 0.1) is 34.4 Å². The van der Waals surface area contributed by atoms with Gasteiger partial charge in [-0.25, -0.2) is 13.5 Å². The first-order chi connectivity index (χ1) is 12.7. The molecule has 1 heterocycles. The van der Waals surface area contributed by atoms with Crippen LogP contribution in [-0.4, -0.2) is 15.7 Å². The minimum absolute atomic E-state index is 0.0103. The Morgan fingerprint density at radius 2 is 1.85 bits per heavy atom. The highest BCUT2D eigenvalue weighted by molar-refractivity contribution is 6.05. The molecule has 3 aromatic rings. The van der Waals surface area contributed by atoms with Crippen LogP contribution < -0.4 is 5.32 Å². The van der Waals surface area contributed by atoms with Crippen molar-refractivity contribution in [3.05, 3.63) is 77.1 Å². The number of hydrogen-bond acceptors (Lipinski definition) is 2. The molecule has 3 rings (SSSR count). The second kappa shape index (κ2) is 6.82. The van der Waals surface area contributed by atoms with Gasteiger partial charge in [0, 0.05) is 6.07 Å².